The topological polar surface area (TPSA) is 126 Å². The third-order valence-corrected chi connectivity index (χ3v) is 8.97. The van der Waals surface area contributed by atoms with Gasteiger partial charge in [0.2, 0.25) is 5.91 Å². The smallest absolute Gasteiger partial charge is 0.327 e. The number of allylic oxidation sites excluding steroid dienone is 1. The van der Waals surface area contributed by atoms with E-state index in [1.807, 2.05) is 31.7 Å². The summed E-state index contributed by atoms with van der Waals surface area (Å²) in [6.07, 6.45) is 3.94. The summed E-state index contributed by atoms with van der Waals surface area (Å²) < 4.78 is -0.632. The zero-order chi connectivity index (χ0) is 21.6. The highest BCUT2D eigenvalue weighted by molar-refractivity contribution is 8.01. The van der Waals surface area contributed by atoms with Crippen molar-refractivity contribution in [2.24, 2.45) is 5.92 Å². The first-order valence-electron chi connectivity index (χ1n) is 9.73. The minimum absolute atomic E-state index is 0.277. The largest absolute Gasteiger partial charge is 0.480 e. The first-order chi connectivity index (χ1) is 14.2. The molecule has 11 heteroatoms. The molecular formula is C19H24N4O4S3. The number of rotatable bonds is 5. The summed E-state index contributed by atoms with van der Waals surface area (Å²) in [4.78, 5) is 43.2. The summed E-state index contributed by atoms with van der Waals surface area (Å²) in [6.45, 7) is 3.62. The van der Waals surface area contributed by atoms with Crippen molar-refractivity contribution in [3.05, 3.63) is 17.2 Å². The molecule has 3 aliphatic heterocycles. The van der Waals surface area contributed by atoms with Gasteiger partial charge in [-0.2, -0.15) is 11.8 Å². The van der Waals surface area contributed by atoms with Crippen LogP contribution in [0.25, 0.3) is 5.57 Å². The first kappa shape index (κ1) is 21.5. The number of carboxylic acids is 1. The van der Waals surface area contributed by atoms with Gasteiger partial charge in [0.25, 0.3) is 5.91 Å². The summed E-state index contributed by atoms with van der Waals surface area (Å²) in [5, 5.41) is 14.1. The Hall–Kier alpha value is -1.72. The molecule has 4 heterocycles. The SMILES string of the molecule is CC1(C)S[C@@H]2[C@H](NC(=O)/C(=C\C3CCSCC3)c3csc(N)n3)C(=O)N2[C@H]1C(=O)O. The molecule has 3 aliphatic rings. The molecule has 0 unspecified atom stereocenters. The van der Waals surface area contributed by atoms with E-state index in [1.165, 1.54) is 28.0 Å². The van der Waals surface area contributed by atoms with Crippen LogP contribution in [0, 0.1) is 5.92 Å². The van der Waals surface area contributed by atoms with Crippen LogP contribution in [0.15, 0.2) is 11.5 Å². The van der Waals surface area contributed by atoms with Gasteiger partial charge < -0.3 is 21.1 Å². The number of carboxylic acid groups (broad SMARTS) is 1. The van der Waals surface area contributed by atoms with Gasteiger partial charge in [-0.25, -0.2) is 9.78 Å². The highest BCUT2D eigenvalue weighted by atomic mass is 32.2. The Labute approximate surface area is 187 Å². The molecule has 0 aromatic carbocycles. The lowest BCUT2D eigenvalue weighted by Gasteiger charge is -2.43. The third-order valence-electron chi connectivity index (χ3n) is 5.67. The van der Waals surface area contributed by atoms with Crippen molar-refractivity contribution >= 4 is 63.3 Å². The number of aliphatic carboxylic acids is 1. The van der Waals surface area contributed by atoms with Crippen LogP contribution in [0.4, 0.5) is 5.13 Å². The van der Waals surface area contributed by atoms with Gasteiger partial charge in [-0.1, -0.05) is 6.08 Å². The average Bonchev–Trinajstić information content (AvgIpc) is 3.23. The number of nitrogens with two attached hydrogens (primary N) is 1. The summed E-state index contributed by atoms with van der Waals surface area (Å²) in [6, 6.07) is -1.64. The van der Waals surface area contributed by atoms with E-state index in [0.717, 1.165) is 24.3 Å². The van der Waals surface area contributed by atoms with Crippen LogP contribution >= 0.6 is 34.9 Å². The summed E-state index contributed by atoms with van der Waals surface area (Å²) >= 11 is 4.58. The number of nitrogens with one attached hydrogen (secondary N) is 1. The van der Waals surface area contributed by atoms with Gasteiger partial charge in [-0.05, 0) is 44.1 Å². The van der Waals surface area contributed by atoms with E-state index in [1.54, 1.807) is 5.38 Å². The molecule has 8 nitrogen and oxygen atoms in total. The lowest BCUT2D eigenvalue weighted by Crippen LogP contribution is -2.70. The van der Waals surface area contributed by atoms with Crippen molar-refractivity contribution in [2.75, 3.05) is 17.2 Å². The Morgan fingerprint density at radius 3 is 2.67 bits per heavy atom. The Morgan fingerprint density at radius 2 is 2.07 bits per heavy atom. The number of fused-ring (bicyclic) bond motifs is 1. The summed E-state index contributed by atoms with van der Waals surface area (Å²) in [5.41, 5.74) is 6.73. The molecule has 1 aromatic heterocycles. The quantitative estimate of drug-likeness (QED) is 0.442. The van der Waals surface area contributed by atoms with Crippen LogP contribution in [0.1, 0.15) is 32.4 Å². The Balaban J connectivity index is 1.54. The molecule has 162 valence electrons. The number of nitrogen functional groups attached to an aromatic ring is 1. The van der Waals surface area contributed by atoms with E-state index in [2.05, 4.69) is 10.3 Å². The van der Waals surface area contributed by atoms with Crippen LogP contribution in [-0.4, -0.2) is 66.5 Å². The van der Waals surface area contributed by atoms with Crippen molar-refractivity contribution in [1.82, 2.24) is 15.2 Å². The molecule has 0 bridgehead atoms. The summed E-state index contributed by atoms with van der Waals surface area (Å²) in [7, 11) is 0. The van der Waals surface area contributed by atoms with E-state index in [9.17, 15) is 19.5 Å². The number of aromatic nitrogens is 1. The van der Waals surface area contributed by atoms with Gasteiger partial charge in [0, 0.05) is 10.1 Å². The molecule has 0 saturated carbocycles. The second-order valence-electron chi connectivity index (χ2n) is 8.15. The molecule has 3 fully saturated rings. The Kier molecular flexibility index (Phi) is 5.80. The predicted octanol–water partition coefficient (Wildman–Crippen LogP) is 1.88. The normalized spacial score (nSPS) is 28.7. The molecule has 4 N–H and O–H groups in total. The average molecular weight is 469 g/mol. The van der Waals surface area contributed by atoms with Crippen LogP contribution in [0.3, 0.4) is 0 Å². The molecule has 0 aliphatic carbocycles. The van der Waals surface area contributed by atoms with Crippen molar-refractivity contribution in [1.29, 1.82) is 0 Å². The third kappa shape index (κ3) is 3.82. The first-order valence-corrected chi connectivity index (χ1v) is 12.6. The molecule has 3 saturated heterocycles. The monoisotopic (exact) mass is 468 g/mol. The number of hydrogen-bond acceptors (Lipinski definition) is 8. The standard InChI is InChI=1S/C19H24N4O4S3/c1-19(2)13(17(26)27)23-15(25)12(16(23)30-19)22-14(24)10(11-8-29-18(20)21-11)7-9-3-5-28-6-4-9/h7-9,12-13,16H,3-6H2,1-2H3,(H2,20,21)(H,22,24)(H,26,27)/b10-7-/t12-,13+,16-/m1/s1. The fourth-order valence-electron chi connectivity index (χ4n) is 4.17. The van der Waals surface area contributed by atoms with Crippen molar-refractivity contribution in [3.63, 3.8) is 0 Å². The molecule has 0 radical (unpaired) electrons. The molecular weight excluding hydrogens is 444 g/mol. The minimum atomic E-state index is -1.03. The maximum Gasteiger partial charge on any atom is 0.327 e. The highest BCUT2D eigenvalue weighted by Gasteiger charge is 2.64. The van der Waals surface area contributed by atoms with Crippen LogP contribution in [-0.2, 0) is 14.4 Å². The second-order valence-corrected chi connectivity index (χ2v) is 12.0. The highest BCUT2D eigenvalue weighted by Crippen LogP contribution is 2.50. The molecule has 3 atom stereocenters. The van der Waals surface area contributed by atoms with Gasteiger partial charge >= 0.3 is 5.97 Å². The van der Waals surface area contributed by atoms with E-state index in [0.29, 0.717) is 16.4 Å². The van der Waals surface area contributed by atoms with Crippen molar-refractivity contribution in [2.45, 2.75) is 48.9 Å². The predicted molar refractivity (Wildman–Crippen MR) is 120 cm³/mol. The van der Waals surface area contributed by atoms with E-state index < -0.39 is 22.8 Å². The van der Waals surface area contributed by atoms with Gasteiger partial charge in [0.05, 0.1) is 11.3 Å². The fraction of sp³-hybridized carbons (Fsp3) is 0.579. The van der Waals surface area contributed by atoms with Gasteiger partial charge in [-0.15, -0.1) is 23.1 Å². The van der Waals surface area contributed by atoms with Crippen LogP contribution in [0.2, 0.25) is 0 Å². The maximum atomic E-state index is 13.2. The molecule has 0 spiro atoms. The molecule has 1 aromatic rings. The van der Waals surface area contributed by atoms with E-state index in [-0.39, 0.29) is 23.1 Å². The van der Waals surface area contributed by atoms with Gasteiger partial charge in [-0.3, -0.25) is 9.59 Å². The number of carbonyl (C=O) groups is 3. The lowest BCUT2D eigenvalue weighted by atomic mass is 9.95. The molecule has 4 rings (SSSR count). The number of β-lactam (4-membered cyclic amide) rings is 1. The number of thioether (sulfide) groups is 2. The Bertz CT molecular complexity index is 909. The van der Waals surface area contributed by atoms with Crippen LogP contribution < -0.4 is 11.1 Å². The maximum absolute atomic E-state index is 13.2. The number of nitrogens with zero attached hydrogens (tertiary/aromatic N) is 2. The Morgan fingerprint density at radius 1 is 1.37 bits per heavy atom. The summed E-state index contributed by atoms with van der Waals surface area (Å²) in [5.74, 6) is 0.631. The number of thiazole rings is 1. The number of hydrogen-bond donors (Lipinski definition) is 3. The van der Waals surface area contributed by atoms with Crippen LogP contribution in [0.5, 0.6) is 0 Å². The number of anilines is 1. The van der Waals surface area contributed by atoms with Crippen molar-refractivity contribution < 1.29 is 19.5 Å². The van der Waals surface area contributed by atoms with Crippen molar-refractivity contribution in [3.8, 4) is 0 Å². The van der Waals surface area contributed by atoms with Gasteiger partial charge in [0.1, 0.15) is 17.5 Å². The molecule has 2 amide bonds. The number of carbonyl (C=O) groups excluding carboxylic acids is 2. The van der Waals surface area contributed by atoms with E-state index in [4.69, 9.17) is 5.73 Å². The van der Waals surface area contributed by atoms with E-state index >= 15 is 0 Å². The fourth-order valence-corrected chi connectivity index (χ4v) is 7.50. The molecule has 30 heavy (non-hydrogen) atoms. The zero-order valence-corrected chi connectivity index (χ0v) is 19.1. The lowest BCUT2D eigenvalue weighted by molar-refractivity contribution is -0.160. The minimum Gasteiger partial charge on any atom is -0.480 e. The van der Waals surface area contributed by atoms with Gasteiger partial charge in [0.15, 0.2) is 5.13 Å². The second kappa shape index (κ2) is 8.08. The number of amides is 2. The zero-order valence-electron chi connectivity index (χ0n) is 16.7.